The summed E-state index contributed by atoms with van der Waals surface area (Å²) in [5.41, 5.74) is 0.764. The molecule has 6 heteroatoms. The van der Waals surface area contributed by atoms with Crippen LogP contribution in [0.1, 0.15) is 60.8 Å². The molecular formula is C21H31BrClNO3. The number of rotatable bonds is 5. The fraction of sp³-hybridized carbons (Fsp3) is 0.667. The third-order valence-corrected chi connectivity index (χ3v) is 5.97. The molecule has 4 nitrogen and oxygen atoms in total. The Hall–Kier alpha value is -0.940. The van der Waals surface area contributed by atoms with Gasteiger partial charge < -0.3 is 14.4 Å². The second-order valence-corrected chi connectivity index (χ2v) is 10.2. The summed E-state index contributed by atoms with van der Waals surface area (Å²) in [7, 11) is 0. The van der Waals surface area contributed by atoms with Crippen LogP contribution >= 0.6 is 27.5 Å². The standard InChI is InChI=1S/C21H31BrClNO3/c1-7-17(19(25)27-20(2,3)4)26-18-13-15(23)14(22)12-16(18)24-10-8-21(5,6)9-11-24/h12-13,17H,7-11H2,1-6H3. The van der Waals surface area contributed by atoms with Gasteiger partial charge in [-0.05, 0) is 67.4 Å². The highest BCUT2D eigenvalue weighted by molar-refractivity contribution is 9.10. The third-order valence-electron chi connectivity index (χ3n) is 4.77. The zero-order valence-corrected chi connectivity index (χ0v) is 19.5. The molecule has 1 fully saturated rings. The molecule has 0 spiro atoms. The number of hydrogen-bond acceptors (Lipinski definition) is 4. The van der Waals surface area contributed by atoms with Crippen LogP contribution < -0.4 is 9.64 Å². The van der Waals surface area contributed by atoms with Crippen molar-refractivity contribution < 1.29 is 14.3 Å². The Morgan fingerprint density at radius 2 is 1.89 bits per heavy atom. The predicted molar refractivity (Wildman–Crippen MR) is 115 cm³/mol. The molecular weight excluding hydrogens is 430 g/mol. The van der Waals surface area contributed by atoms with Gasteiger partial charge in [0, 0.05) is 23.6 Å². The lowest BCUT2D eigenvalue weighted by Gasteiger charge is -2.39. The summed E-state index contributed by atoms with van der Waals surface area (Å²) >= 11 is 9.84. The van der Waals surface area contributed by atoms with Crippen molar-refractivity contribution >= 4 is 39.2 Å². The molecule has 1 aromatic rings. The van der Waals surface area contributed by atoms with Gasteiger partial charge in [-0.3, -0.25) is 0 Å². The van der Waals surface area contributed by atoms with E-state index in [-0.39, 0.29) is 5.97 Å². The van der Waals surface area contributed by atoms with Crippen molar-refractivity contribution in [1.82, 2.24) is 0 Å². The molecule has 0 N–H and O–H groups in total. The van der Waals surface area contributed by atoms with Gasteiger partial charge in [-0.25, -0.2) is 4.79 Å². The molecule has 1 saturated heterocycles. The number of esters is 1. The van der Waals surface area contributed by atoms with Gasteiger partial charge in [0.1, 0.15) is 11.4 Å². The van der Waals surface area contributed by atoms with Gasteiger partial charge in [0.25, 0.3) is 0 Å². The lowest BCUT2D eigenvalue weighted by atomic mass is 9.82. The van der Waals surface area contributed by atoms with Gasteiger partial charge in [-0.15, -0.1) is 0 Å². The van der Waals surface area contributed by atoms with Crippen LogP contribution in [-0.2, 0) is 9.53 Å². The summed E-state index contributed by atoms with van der Waals surface area (Å²) in [6.45, 7) is 14.0. The summed E-state index contributed by atoms with van der Waals surface area (Å²) in [4.78, 5) is 14.8. The number of ether oxygens (including phenoxy) is 2. The van der Waals surface area contributed by atoms with Crippen molar-refractivity contribution in [3.8, 4) is 5.75 Å². The average molecular weight is 461 g/mol. The predicted octanol–water partition coefficient (Wildman–Crippen LogP) is 6.23. The molecule has 0 saturated carbocycles. The molecule has 2 rings (SSSR count). The third kappa shape index (κ3) is 6.28. The van der Waals surface area contributed by atoms with Gasteiger partial charge in [0.05, 0.1) is 10.7 Å². The van der Waals surface area contributed by atoms with Crippen LogP contribution in [0.25, 0.3) is 0 Å². The van der Waals surface area contributed by atoms with E-state index in [9.17, 15) is 4.79 Å². The first-order valence-corrected chi connectivity index (χ1v) is 10.7. The van der Waals surface area contributed by atoms with Crippen LogP contribution in [0, 0.1) is 5.41 Å². The molecule has 1 heterocycles. The van der Waals surface area contributed by atoms with Crippen LogP contribution in [0.2, 0.25) is 5.02 Å². The lowest BCUT2D eigenvalue weighted by molar-refractivity contribution is -0.163. The Bertz CT molecular complexity index is 675. The first-order chi connectivity index (χ1) is 12.4. The number of benzene rings is 1. The van der Waals surface area contributed by atoms with Crippen molar-refractivity contribution in [2.45, 2.75) is 72.5 Å². The summed E-state index contributed by atoms with van der Waals surface area (Å²) in [6, 6.07) is 3.77. The van der Waals surface area contributed by atoms with Crippen molar-refractivity contribution in [3.05, 3.63) is 21.6 Å². The Morgan fingerprint density at radius 3 is 2.41 bits per heavy atom. The highest BCUT2D eigenvalue weighted by Crippen LogP contribution is 2.41. The summed E-state index contributed by atoms with van der Waals surface area (Å²) in [5, 5.41) is 0.560. The smallest absolute Gasteiger partial charge is 0.347 e. The van der Waals surface area contributed by atoms with E-state index in [1.165, 1.54) is 0 Å². The highest BCUT2D eigenvalue weighted by atomic mass is 79.9. The van der Waals surface area contributed by atoms with E-state index in [2.05, 4.69) is 34.7 Å². The van der Waals surface area contributed by atoms with Crippen molar-refractivity contribution in [2.24, 2.45) is 5.41 Å². The molecule has 1 aliphatic heterocycles. The molecule has 1 aliphatic rings. The zero-order valence-electron chi connectivity index (χ0n) is 17.2. The van der Waals surface area contributed by atoms with Crippen LogP contribution in [0.4, 0.5) is 5.69 Å². The fourth-order valence-corrected chi connectivity index (χ4v) is 3.52. The molecule has 0 aromatic heterocycles. The van der Waals surface area contributed by atoms with Crippen LogP contribution in [0.5, 0.6) is 5.75 Å². The fourth-order valence-electron chi connectivity index (χ4n) is 3.03. The molecule has 0 radical (unpaired) electrons. The average Bonchev–Trinajstić information content (AvgIpc) is 2.54. The SMILES string of the molecule is CCC(Oc1cc(Cl)c(Br)cc1N1CCC(C)(C)CC1)C(=O)OC(C)(C)C. The molecule has 0 aliphatic carbocycles. The Morgan fingerprint density at radius 1 is 1.30 bits per heavy atom. The Balaban J connectivity index is 2.27. The van der Waals surface area contributed by atoms with E-state index in [1.54, 1.807) is 6.07 Å². The van der Waals surface area contributed by atoms with Gasteiger partial charge in [0.2, 0.25) is 0 Å². The largest absolute Gasteiger partial charge is 0.477 e. The number of anilines is 1. The molecule has 0 amide bonds. The Kier molecular flexibility index (Phi) is 7.12. The number of nitrogens with zero attached hydrogens (tertiary/aromatic N) is 1. The summed E-state index contributed by atoms with van der Waals surface area (Å²) in [5.74, 6) is 0.274. The van der Waals surface area contributed by atoms with Gasteiger partial charge in [-0.2, -0.15) is 0 Å². The van der Waals surface area contributed by atoms with Crippen LogP contribution in [0.3, 0.4) is 0 Å². The number of carbonyl (C=O) groups excluding carboxylic acids is 1. The van der Waals surface area contributed by atoms with E-state index in [0.29, 0.717) is 22.6 Å². The van der Waals surface area contributed by atoms with Gasteiger partial charge >= 0.3 is 5.97 Å². The van der Waals surface area contributed by atoms with Crippen LogP contribution in [0.15, 0.2) is 16.6 Å². The van der Waals surface area contributed by atoms with E-state index in [4.69, 9.17) is 21.1 Å². The van der Waals surface area contributed by atoms with Crippen LogP contribution in [-0.4, -0.2) is 30.8 Å². The van der Waals surface area contributed by atoms with E-state index >= 15 is 0 Å². The highest BCUT2D eigenvalue weighted by Gasteiger charge is 2.30. The second-order valence-electron chi connectivity index (χ2n) is 8.93. The van der Waals surface area contributed by atoms with Crippen molar-refractivity contribution in [2.75, 3.05) is 18.0 Å². The lowest BCUT2D eigenvalue weighted by Crippen LogP contribution is -2.38. The molecule has 1 unspecified atom stereocenters. The van der Waals surface area contributed by atoms with Crippen molar-refractivity contribution in [3.63, 3.8) is 0 Å². The minimum Gasteiger partial charge on any atom is -0.477 e. The van der Waals surface area contributed by atoms with Crippen molar-refractivity contribution in [1.29, 1.82) is 0 Å². The van der Waals surface area contributed by atoms with E-state index < -0.39 is 11.7 Å². The monoisotopic (exact) mass is 459 g/mol. The minimum absolute atomic E-state index is 0.351. The maximum atomic E-state index is 12.5. The molecule has 152 valence electrons. The Labute approximate surface area is 176 Å². The number of halogens is 2. The second kappa shape index (κ2) is 8.60. The normalized spacial score (nSPS) is 18.1. The van der Waals surface area contributed by atoms with E-state index in [1.807, 2.05) is 33.8 Å². The quantitative estimate of drug-likeness (QED) is 0.488. The number of piperidine rings is 1. The molecule has 27 heavy (non-hydrogen) atoms. The first kappa shape index (κ1) is 22.4. The number of hydrogen-bond donors (Lipinski definition) is 0. The number of carbonyl (C=O) groups is 1. The van der Waals surface area contributed by atoms with Gasteiger partial charge in [0.15, 0.2) is 6.10 Å². The summed E-state index contributed by atoms with van der Waals surface area (Å²) < 4.78 is 12.5. The van der Waals surface area contributed by atoms with E-state index in [0.717, 1.165) is 36.1 Å². The maximum Gasteiger partial charge on any atom is 0.347 e. The minimum atomic E-state index is -0.665. The summed E-state index contributed by atoms with van der Waals surface area (Å²) in [6.07, 6.45) is 2.07. The molecule has 1 aromatic carbocycles. The van der Waals surface area contributed by atoms with Gasteiger partial charge in [-0.1, -0.05) is 32.4 Å². The zero-order chi connectivity index (χ0) is 20.4. The molecule has 0 bridgehead atoms. The topological polar surface area (TPSA) is 38.8 Å². The maximum absolute atomic E-state index is 12.5. The molecule has 1 atom stereocenters. The first-order valence-electron chi connectivity index (χ1n) is 9.55.